The summed E-state index contributed by atoms with van der Waals surface area (Å²) in [5, 5.41) is 3.15. The molecule has 2 heterocycles. The molecule has 2 amide bonds. The van der Waals surface area contributed by atoms with Crippen LogP contribution in [0.25, 0.3) is 0 Å². The van der Waals surface area contributed by atoms with Gasteiger partial charge in [-0.1, -0.05) is 0 Å². The number of thiophene rings is 1. The highest BCUT2D eigenvalue weighted by molar-refractivity contribution is 7.12. The Morgan fingerprint density at radius 3 is 2.65 bits per heavy atom. The number of nitrogens with one attached hydrogen (secondary N) is 1. The summed E-state index contributed by atoms with van der Waals surface area (Å²) < 4.78 is 0. The van der Waals surface area contributed by atoms with Crippen molar-refractivity contribution >= 4 is 23.2 Å². The number of carbonyl (C=O) groups excluding carboxylic acids is 2. The third-order valence-corrected chi connectivity index (χ3v) is 4.27. The molecule has 0 aliphatic carbocycles. The fourth-order valence-corrected chi connectivity index (χ4v) is 2.88. The normalized spacial score (nSPS) is 20.4. The fraction of sp³-hybridized carbons (Fsp3) is 0.500. The van der Waals surface area contributed by atoms with E-state index in [4.69, 9.17) is 0 Å². The minimum Gasteiger partial charge on any atom is -0.300 e. The molecule has 1 N–H and O–H groups in total. The van der Waals surface area contributed by atoms with Gasteiger partial charge in [-0.2, -0.15) is 0 Å². The highest BCUT2D eigenvalue weighted by Crippen LogP contribution is 2.21. The van der Waals surface area contributed by atoms with E-state index in [-0.39, 0.29) is 24.3 Å². The Kier molecular flexibility index (Phi) is 3.31. The Bertz CT molecular complexity index is 448. The molecule has 1 aromatic rings. The van der Waals surface area contributed by atoms with Gasteiger partial charge in [0.15, 0.2) is 0 Å². The summed E-state index contributed by atoms with van der Waals surface area (Å²) in [5.74, 6) is -0.231. The molecular formula is C12H16N2O2S. The topological polar surface area (TPSA) is 49.4 Å². The minimum absolute atomic E-state index is 0.106. The Hall–Kier alpha value is -1.20. The van der Waals surface area contributed by atoms with Crippen LogP contribution in [0.4, 0.5) is 0 Å². The number of imide groups is 1. The predicted octanol–water partition coefficient (Wildman–Crippen LogP) is 1.21. The van der Waals surface area contributed by atoms with Crippen molar-refractivity contribution in [2.75, 3.05) is 7.05 Å². The van der Waals surface area contributed by atoms with E-state index in [9.17, 15) is 9.59 Å². The molecule has 0 aromatic carbocycles. The van der Waals surface area contributed by atoms with Crippen LogP contribution in [0.2, 0.25) is 0 Å². The average molecular weight is 252 g/mol. The van der Waals surface area contributed by atoms with Crippen LogP contribution in [0.1, 0.15) is 21.7 Å². The zero-order valence-electron chi connectivity index (χ0n) is 10.2. The average Bonchev–Trinajstić information content (AvgIpc) is 2.72. The number of likely N-dealkylation sites (N-methyl/N-ethyl adjacent to an activating group) is 1. The van der Waals surface area contributed by atoms with Crippen LogP contribution in [-0.4, -0.2) is 29.8 Å². The number of carbonyl (C=O) groups is 2. The third kappa shape index (κ3) is 2.40. The van der Waals surface area contributed by atoms with Crippen LogP contribution in [0.3, 0.4) is 0 Å². The maximum atomic E-state index is 11.7. The first-order valence-corrected chi connectivity index (χ1v) is 6.40. The van der Waals surface area contributed by atoms with E-state index in [2.05, 4.69) is 25.2 Å². The molecule has 4 nitrogen and oxygen atoms in total. The molecule has 0 bridgehead atoms. The summed E-state index contributed by atoms with van der Waals surface area (Å²) in [5.41, 5.74) is 1.28. The highest BCUT2D eigenvalue weighted by atomic mass is 32.1. The van der Waals surface area contributed by atoms with E-state index in [1.165, 1.54) is 27.3 Å². The zero-order valence-corrected chi connectivity index (χ0v) is 11.1. The standard InChI is InChI=1S/C12H16N2O2S/c1-7-4-9(17-8(7)2)6-13-10-5-11(15)14(3)12(10)16/h4,10,13H,5-6H2,1-3H3. The quantitative estimate of drug-likeness (QED) is 0.823. The first kappa shape index (κ1) is 12.3. The highest BCUT2D eigenvalue weighted by Gasteiger charge is 2.35. The van der Waals surface area contributed by atoms with E-state index in [0.29, 0.717) is 6.54 Å². The third-order valence-electron chi connectivity index (χ3n) is 3.12. The molecule has 1 aliphatic heterocycles. The van der Waals surface area contributed by atoms with Gasteiger partial charge >= 0.3 is 0 Å². The summed E-state index contributed by atoms with van der Waals surface area (Å²) in [6, 6.07) is 1.77. The molecule has 0 saturated carbocycles. The molecule has 17 heavy (non-hydrogen) atoms. The van der Waals surface area contributed by atoms with Crippen LogP contribution < -0.4 is 5.32 Å². The second-order valence-corrected chi connectivity index (χ2v) is 5.72. The molecule has 0 radical (unpaired) electrons. The summed E-state index contributed by atoms with van der Waals surface area (Å²) in [4.78, 5) is 26.7. The Labute approximate surface area is 105 Å². The van der Waals surface area contributed by atoms with E-state index >= 15 is 0 Å². The first-order chi connectivity index (χ1) is 7.99. The van der Waals surface area contributed by atoms with Crippen LogP contribution in [0.5, 0.6) is 0 Å². The van der Waals surface area contributed by atoms with Gasteiger partial charge in [-0.05, 0) is 25.5 Å². The number of likely N-dealkylation sites (tertiary alicyclic amines) is 1. The lowest BCUT2D eigenvalue weighted by molar-refractivity contribution is -0.137. The van der Waals surface area contributed by atoms with Crippen LogP contribution in [-0.2, 0) is 16.1 Å². The van der Waals surface area contributed by atoms with Gasteiger partial charge in [-0.15, -0.1) is 11.3 Å². The van der Waals surface area contributed by atoms with Crippen molar-refractivity contribution in [2.24, 2.45) is 0 Å². The lowest BCUT2D eigenvalue weighted by atomic mass is 10.2. The monoisotopic (exact) mass is 252 g/mol. The Balaban J connectivity index is 1.95. The second-order valence-electron chi connectivity index (χ2n) is 4.38. The van der Waals surface area contributed by atoms with Gasteiger partial charge in [0.2, 0.25) is 11.8 Å². The van der Waals surface area contributed by atoms with Gasteiger partial charge in [0.25, 0.3) is 0 Å². The number of hydrogen-bond donors (Lipinski definition) is 1. The van der Waals surface area contributed by atoms with E-state index in [1.807, 2.05) is 0 Å². The number of nitrogens with zero attached hydrogens (tertiary/aromatic N) is 1. The van der Waals surface area contributed by atoms with Crippen LogP contribution in [0.15, 0.2) is 6.07 Å². The van der Waals surface area contributed by atoms with Gasteiger partial charge in [0.05, 0.1) is 12.5 Å². The maximum absolute atomic E-state index is 11.7. The molecule has 1 aromatic heterocycles. The molecule has 1 unspecified atom stereocenters. The fourth-order valence-electron chi connectivity index (χ4n) is 1.88. The van der Waals surface area contributed by atoms with Crippen LogP contribution >= 0.6 is 11.3 Å². The summed E-state index contributed by atoms with van der Waals surface area (Å²) in [6.07, 6.45) is 0.276. The number of rotatable bonds is 3. The second kappa shape index (κ2) is 4.58. The van der Waals surface area contributed by atoms with Gasteiger partial charge in [0, 0.05) is 23.3 Å². The Morgan fingerprint density at radius 1 is 1.47 bits per heavy atom. The van der Waals surface area contributed by atoms with Gasteiger partial charge < -0.3 is 5.32 Å². The number of amides is 2. The van der Waals surface area contributed by atoms with E-state index < -0.39 is 0 Å². The van der Waals surface area contributed by atoms with E-state index in [1.54, 1.807) is 11.3 Å². The summed E-state index contributed by atoms with van der Waals surface area (Å²) in [6.45, 7) is 4.81. The lowest BCUT2D eigenvalue weighted by Crippen LogP contribution is -2.36. The van der Waals surface area contributed by atoms with Gasteiger partial charge in [-0.3, -0.25) is 14.5 Å². The summed E-state index contributed by atoms with van der Waals surface area (Å²) >= 11 is 1.73. The molecule has 92 valence electrons. The van der Waals surface area contributed by atoms with Crippen LogP contribution in [0, 0.1) is 13.8 Å². The number of aryl methyl sites for hydroxylation is 2. The zero-order chi connectivity index (χ0) is 12.6. The van der Waals surface area contributed by atoms with Crippen molar-refractivity contribution < 1.29 is 9.59 Å². The summed E-state index contributed by atoms with van der Waals surface area (Å²) in [7, 11) is 1.53. The van der Waals surface area contributed by atoms with Crippen molar-refractivity contribution in [1.29, 1.82) is 0 Å². The molecule has 1 aliphatic rings. The van der Waals surface area contributed by atoms with Crippen molar-refractivity contribution in [2.45, 2.75) is 32.9 Å². The van der Waals surface area contributed by atoms with E-state index in [0.717, 1.165) is 0 Å². The van der Waals surface area contributed by atoms with Gasteiger partial charge in [0.1, 0.15) is 0 Å². The molecule has 0 spiro atoms. The molecule has 1 atom stereocenters. The lowest BCUT2D eigenvalue weighted by Gasteiger charge is -2.09. The molecule has 5 heteroatoms. The molecule has 1 saturated heterocycles. The molecular weight excluding hydrogens is 236 g/mol. The Morgan fingerprint density at radius 2 is 2.18 bits per heavy atom. The molecule has 2 rings (SSSR count). The van der Waals surface area contributed by atoms with Gasteiger partial charge in [-0.25, -0.2) is 0 Å². The maximum Gasteiger partial charge on any atom is 0.246 e. The minimum atomic E-state index is -0.352. The number of hydrogen-bond acceptors (Lipinski definition) is 4. The smallest absolute Gasteiger partial charge is 0.246 e. The van der Waals surface area contributed by atoms with Crippen molar-refractivity contribution in [3.63, 3.8) is 0 Å². The van der Waals surface area contributed by atoms with Crippen molar-refractivity contribution in [3.05, 3.63) is 21.4 Å². The van der Waals surface area contributed by atoms with Crippen molar-refractivity contribution in [3.8, 4) is 0 Å². The SMILES string of the molecule is Cc1cc(CNC2CC(=O)N(C)C2=O)sc1C. The first-order valence-electron chi connectivity index (χ1n) is 5.58. The largest absolute Gasteiger partial charge is 0.300 e. The molecule has 1 fully saturated rings. The predicted molar refractivity (Wildman–Crippen MR) is 66.8 cm³/mol. The van der Waals surface area contributed by atoms with Crippen molar-refractivity contribution in [1.82, 2.24) is 10.2 Å².